The quantitative estimate of drug-likeness (QED) is 0.186. The first kappa shape index (κ1) is 24.8. The maximum atomic E-state index is 13.5. The number of aliphatic hydroxyl groups excluding tert-OH is 1. The molecule has 1 aliphatic heterocycles. The number of anilines is 1. The lowest BCUT2D eigenvalue weighted by Crippen LogP contribution is -2.29. The van der Waals surface area contributed by atoms with E-state index in [1.165, 1.54) is 30.5 Å². The summed E-state index contributed by atoms with van der Waals surface area (Å²) in [6.07, 6.45) is 0. The van der Waals surface area contributed by atoms with Gasteiger partial charge in [0.1, 0.15) is 5.76 Å². The molecule has 0 spiro atoms. The summed E-state index contributed by atoms with van der Waals surface area (Å²) in [6.45, 7) is 3.95. The topological polar surface area (TPSA) is 89.0 Å². The molecule has 0 saturated carbocycles. The first-order valence-corrected chi connectivity index (χ1v) is 12.6. The zero-order chi connectivity index (χ0) is 26.4. The van der Waals surface area contributed by atoms with Gasteiger partial charge in [-0.25, -0.2) is 4.98 Å². The Kier molecular flexibility index (Phi) is 6.39. The number of rotatable bonds is 5. The standard InChI is InChI=1S/C28H23ClN2O5S/c1-14-11-15(2)23-21(12-14)37-28(30-23)31-24(17-7-10-19(35-3)20(13-17)36-4)22(26(33)27(31)34)25(32)16-5-8-18(29)9-6-16/h5-13,24,32H,1-4H3. The number of thiazole rings is 1. The van der Waals surface area contributed by atoms with Gasteiger partial charge in [0.2, 0.25) is 0 Å². The van der Waals surface area contributed by atoms with Crippen LogP contribution in [0.4, 0.5) is 5.13 Å². The molecule has 188 valence electrons. The van der Waals surface area contributed by atoms with Crippen molar-refractivity contribution in [1.29, 1.82) is 0 Å². The molecule has 1 saturated heterocycles. The number of carbonyl (C=O) groups is 2. The lowest BCUT2D eigenvalue weighted by Gasteiger charge is -2.23. The summed E-state index contributed by atoms with van der Waals surface area (Å²) in [4.78, 5) is 33.1. The summed E-state index contributed by atoms with van der Waals surface area (Å²) < 4.78 is 11.8. The van der Waals surface area contributed by atoms with Gasteiger partial charge in [0.15, 0.2) is 16.6 Å². The van der Waals surface area contributed by atoms with E-state index in [9.17, 15) is 14.7 Å². The van der Waals surface area contributed by atoms with E-state index in [0.717, 1.165) is 21.3 Å². The van der Waals surface area contributed by atoms with Crippen LogP contribution in [0.15, 0.2) is 60.2 Å². The molecule has 9 heteroatoms. The number of hydrogen-bond acceptors (Lipinski definition) is 7. The summed E-state index contributed by atoms with van der Waals surface area (Å²) in [5.74, 6) is -0.964. The van der Waals surface area contributed by atoms with Gasteiger partial charge in [-0.15, -0.1) is 0 Å². The Labute approximate surface area is 222 Å². The van der Waals surface area contributed by atoms with Crippen molar-refractivity contribution in [2.75, 3.05) is 19.1 Å². The van der Waals surface area contributed by atoms with Crippen molar-refractivity contribution in [2.45, 2.75) is 19.9 Å². The molecule has 1 atom stereocenters. The Hall–Kier alpha value is -3.88. The van der Waals surface area contributed by atoms with Crippen molar-refractivity contribution in [3.63, 3.8) is 0 Å². The molecule has 0 radical (unpaired) electrons. The molecule has 7 nitrogen and oxygen atoms in total. The zero-order valence-electron chi connectivity index (χ0n) is 20.5. The molecule has 1 amide bonds. The number of ether oxygens (including phenoxy) is 2. The summed E-state index contributed by atoms with van der Waals surface area (Å²) in [5, 5.41) is 12.1. The Balaban J connectivity index is 1.76. The van der Waals surface area contributed by atoms with E-state index in [0.29, 0.717) is 32.8 Å². The summed E-state index contributed by atoms with van der Waals surface area (Å²) >= 11 is 7.34. The van der Waals surface area contributed by atoms with Gasteiger partial charge in [-0.2, -0.15) is 0 Å². The van der Waals surface area contributed by atoms with Crippen LogP contribution < -0.4 is 14.4 Å². The van der Waals surface area contributed by atoms with Crippen LogP contribution in [0.2, 0.25) is 5.02 Å². The summed E-state index contributed by atoms with van der Waals surface area (Å²) in [5.41, 5.74) is 3.67. The van der Waals surface area contributed by atoms with Gasteiger partial charge in [-0.3, -0.25) is 14.5 Å². The van der Waals surface area contributed by atoms with Gasteiger partial charge < -0.3 is 14.6 Å². The van der Waals surface area contributed by atoms with E-state index in [2.05, 4.69) is 0 Å². The number of ketones is 1. The monoisotopic (exact) mass is 534 g/mol. The highest BCUT2D eigenvalue weighted by Crippen LogP contribution is 2.46. The molecule has 1 aromatic heterocycles. The fourth-order valence-corrected chi connectivity index (χ4v) is 5.89. The largest absolute Gasteiger partial charge is 0.507 e. The van der Waals surface area contributed by atoms with Crippen LogP contribution in [0.3, 0.4) is 0 Å². The van der Waals surface area contributed by atoms with Gasteiger partial charge in [-0.05, 0) is 73.0 Å². The Morgan fingerprint density at radius 1 is 1.00 bits per heavy atom. The van der Waals surface area contributed by atoms with Crippen LogP contribution in [-0.4, -0.2) is 36.0 Å². The molecule has 5 rings (SSSR count). The fraction of sp³-hybridized carbons (Fsp3) is 0.179. The lowest BCUT2D eigenvalue weighted by atomic mass is 9.95. The molecule has 0 bridgehead atoms. The molecule has 37 heavy (non-hydrogen) atoms. The number of fused-ring (bicyclic) bond motifs is 1. The molecule has 3 aromatic carbocycles. The van der Waals surface area contributed by atoms with E-state index >= 15 is 0 Å². The Morgan fingerprint density at radius 2 is 1.70 bits per heavy atom. The van der Waals surface area contributed by atoms with E-state index in [4.69, 9.17) is 26.1 Å². The number of Topliss-reactive ketones (excluding diaryl/α,β-unsaturated/α-hetero) is 1. The third-order valence-corrected chi connectivity index (χ3v) is 7.56. The van der Waals surface area contributed by atoms with Gasteiger partial charge in [0.25, 0.3) is 5.78 Å². The minimum Gasteiger partial charge on any atom is -0.507 e. The molecular formula is C28H23ClN2O5S. The molecule has 1 aliphatic rings. The first-order valence-electron chi connectivity index (χ1n) is 11.4. The number of aryl methyl sites for hydroxylation is 2. The molecular weight excluding hydrogens is 512 g/mol. The minimum absolute atomic E-state index is 0.0494. The maximum absolute atomic E-state index is 13.5. The number of halogens is 1. The average molecular weight is 535 g/mol. The highest BCUT2D eigenvalue weighted by Gasteiger charge is 2.48. The van der Waals surface area contributed by atoms with Crippen molar-refractivity contribution >= 4 is 55.7 Å². The second-order valence-corrected chi connectivity index (χ2v) is 10.2. The predicted octanol–water partition coefficient (Wildman–Crippen LogP) is 6.21. The van der Waals surface area contributed by atoms with Crippen molar-refractivity contribution < 1.29 is 24.2 Å². The van der Waals surface area contributed by atoms with Gasteiger partial charge >= 0.3 is 5.91 Å². The number of aromatic nitrogens is 1. The van der Waals surface area contributed by atoms with E-state index in [1.807, 2.05) is 26.0 Å². The normalized spacial score (nSPS) is 17.0. The molecule has 4 aromatic rings. The number of hydrogen-bond donors (Lipinski definition) is 1. The van der Waals surface area contributed by atoms with Crippen LogP contribution in [0, 0.1) is 13.8 Å². The van der Waals surface area contributed by atoms with Crippen LogP contribution in [0.1, 0.15) is 28.3 Å². The summed E-state index contributed by atoms with van der Waals surface area (Å²) in [6, 6.07) is 14.6. The van der Waals surface area contributed by atoms with E-state index in [1.54, 1.807) is 42.5 Å². The Morgan fingerprint density at radius 3 is 2.38 bits per heavy atom. The fourth-order valence-electron chi connectivity index (χ4n) is 4.59. The lowest BCUT2D eigenvalue weighted by molar-refractivity contribution is -0.132. The molecule has 1 unspecified atom stereocenters. The van der Waals surface area contributed by atoms with Crippen LogP contribution in [0.25, 0.3) is 16.0 Å². The number of amides is 1. The second-order valence-electron chi connectivity index (χ2n) is 8.72. The molecule has 1 fully saturated rings. The Bertz CT molecular complexity index is 1590. The number of aliphatic hydroxyl groups is 1. The van der Waals surface area contributed by atoms with Crippen molar-refractivity contribution in [2.24, 2.45) is 0 Å². The first-order chi connectivity index (χ1) is 17.7. The van der Waals surface area contributed by atoms with Crippen molar-refractivity contribution in [3.8, 4) is 11.5 Å². The number of benzene rings is 3. The maximum Gasteiger partial charge on any atom is 0.301 e. The highest BCUT2D eigenvalue weighted by atomic mass is 35.5. The van der Waals surface area contributed by atoms with Crippen molar-refractivity contribution in [3.05, 3.63) is 87.4 Å². The molecule has 0 aliphatic carbocycles. The average Bonchev–Trinajstić information content (AvgIpc) is 3.42. The van der Waals surface area contributed by atoms with E-state index in [-0.39, 0.29) is 11.3 Å². The van der Waals surface area contributed by atoms with Crippen LogP contribution in [-0.2, 0) is 9.59 Å². The second kappa shape index (κ2) is 9.53. The van der Waals surface area contributed by atoms with Crippen LogP contribution >= 0.6 is 22.9 Å². The highest BCUT2D eigenvalue weighted by molar-refractivity contribution is 7.22. The van der Waals surface area contributed by atoms with Gasteiger partial charge in [0, 0.05) is 10.6 Å². The van der Waals surface area contributed by atoms with Gasteiger partial charge in [-0.1, -0.05) is 35.1 Å². The number of carbonyl (C=O) groups excluding carboxylic acids is 2. The predicted molar refractivity (Wildman–Crippen MR) is 145 cm³/mol. The molecule has 1 N–H and O–H groups in total. The van der Waals surface area contributed by atoms with Gasteiger partial charge in [0.05, 0.1) is 36.1 Å². The van der Waals surface area contributed by atoms with E-state index < -0.39 is 17.7 Å². The summed E-state index contributed by atoms with van der Waals surface area (Å²) in [7, 11) is 3.03. The third-order valence-electron chi connectivity index (χ3n) is 6.31. The minimum atomic E-state index is -0.947. The third kappa shape index (κ3) is 4.22. The SMILES string of the molecule is COc1ccc(C2C(=C(O)c3ccc(Cl)cc3)C(=O)C(=O)N2c2nc3c(C)cc(C)cc3s2)cc1OC. The zero-order valence-corrected chi connectivity index (χ0v) is 22.1. The van der Waals surface area contributed by atoms with Crippen LogP contribution in [0.5, 0.6) is 11.5 Å². The number of methoxy groups -OCH3 is 2. The van der Waals surface area contributed by atoms with Crippen molar-refractivity contribution in [1.82, 2.24) is 4.98 Å². The number of nitrogens with zero attached hydrogens (tertiary/aromatic N) is 2. The molecule has 2 heterocycles. The smallest absolute Gasteiger partial charge is 0.301 e.